The highest BCUT2D eigenvalue weighted by Crippen LogP contribution is 2.16. The fourth-order valence-electron chi connectivity index (χ4n) is 2.83. The minimum Gasteiger partial charge on any atom is -0.335 e. The molecule has 5 nitrogen and oxygen atoms in total. The summed E-state index contributed by atoms with van der Waals surface area (Å²) in [6.07, 6.45) is 0. The van der Waals surface area contributed by atoms with Crippen molar-refractivity contribution in [2.45, 2.75) is 13.0 Å². The van der Waals surface area contributed by atoms with Gasteiger partial charge in [-0.25, -0.2) is 4.39 Å². The van der Waals surface area contributed by atoms with Crippen molar-refractivity contribution >= 4 is 28.8 Å². The van der Waals surface area contributed by atoms with Gasteiger partial charge >= 0.3 is 0 Å². The van der Waals surface area contributed by atoms with E-state index in [0.717, 1.165) is 4.88 Å². The number of benzene rings is 1. The van der Waals surface area contributed by atoms with Crippen LogP contribution < -0.4 is 5.32 Å². The summed E-state index contributed by atoms with van der Waals surface area (Å²) in [5.41, 5.74) is 0.186. The topological polar surface area (TPSA) is 52.7 Å². The number of anilines is 1. The molecule has 132 valence electrons. The van der Waals surface area contributed by atoms with Gasteiger partial charge in [0.25, 0.3) is 5.91 Å². The third kappa shape index (κ3) is 4.05. The van der Waals surface area contributed by atoms with Crippen molar-refractivity contribution in [2.24, 2.45) is 0 Å². The van der Waals surface area contributed by atoms with Crippen molar-refractivity contribution < 1.29 is 14.0 Å². The van der Waals surface area contributed by atoms with E-state index in [1.165, 1.54) is 23.5 Å². The van der Waals surface area contributed by atoms with Crippen LogP contribution in [-0.2, 0) is 4.79 Å². The number of hydrogen-bond acceptors (Lipinski definition) is 4. The molecule has 1 aromatic heterocycles. The molecular formula is C18H20FN3O2S. The van der Waals surface area contributed by atoms with E-state index in [-0.39, 0.29) is 17.5 Å². The number of para-hydroxylation sites is 1. The summed E-state index contributed by atoms with van der Waals surface area (Å²) < 4.78 is 13.7. The standard InChI is InChI=1S/C18H20FN3O2S/c1-13(17(23)20-15-6-3-2-5-14(15)19)21-8-10-22(11-9-21)18(24)16-7-4-12-25-16/h2-7,12-13H,8-11H2,1H3,(H,20,23). The number of halogens is 1. The zero-order valence-corrected chi connectivity index (χ0v) is 14.8. The minimum absolute atomic E-state index is 0.0399. The molecule has 0 saturated carbocycles. The molecule has 3 rings (SSSR count). The quantitative estimate of drug-likeness (QED) is 0.911. The second-order valence-electron chi connectivity index (χ2n) is 5.95. The average molecular weight is 361 g/mol. The zero-order chi connectivity index (χ0) is 17.8. The average Bonchev–Trinajstić information content (AvgIpc) is 3.17. The second-order valence-corrected chi connectivity index (χ2v) is 6.90. The summed E-state index contributed by atoms with van der Waals surface area (Å²) in [4.78, 5) is 29.3. The van der Waals surface area contributed by atoms with E-state index in [9.17, 15) is 14.0 Å². The molecule has 7 heteroatoms. The van der Waals surface area contributed by atoms with E-state index in [2.05, 4.69) is 5.32 Å². The number of piperazine rings is 1. The van der Waals surface area contributed by atoms with E-state index in [1.54, 1.807) is 19.1 Å². The minimum atomic E-state index is -0.450. The van der Waals surface area contributed by atoms with Crippen LogP contribution in [0.4, 0.5) is 10.1 Å². The first-order chi connectivity index (χ1) is 12.1. The van der Waals surface area contributed by atoms with Crippen LogP contribution in [0.5, 0.6) is 0 Å². The molecule has 2 heterocycles. The van der Waals surface area contributed by atoms with Crippen molar-refractivity contribution in [1.29, 1.82) is 0 Å². The van der Waals surface area contributed by atoms with Crippen molar-refractivity contribution in [2.75, 3.05) is 31.5 Å². The van der Waals surface area contributed by atoms with Crippen molar-refractivity contribution in [3.8, 4) is 0 Å². The summed E-state index contributed by atoms with van der Waals surface area (Å²) in [6.45, 7) is 4.18. The molecule has 0 spiro atoms. The molecule has 2 amide bonds. The molecule has 0 radical (unpaired) electrons. The van der Waals surface area contributed by atoms with Crippen LogP contribution in [0.15, 0.2) is 41.8 Å². The lowest BCUT2D eigenvalue weighted by Crippen LogP contribution is -2.54. The maximum Gasteiger partial charge on any atom is 0.264 e. The Labute approximate surface area is 150 Å². The molecular weight excluding hydrogens is 341 g/mol. The third-order valence-electron chi connectivity index (χ3n) is 4.39. The number of carbonyl (C=O) groups excluding carboxylic acids is 2. The molecule has 25 heavy (non-hydrogen) atoms. The molecule has 1 fully saturated rings. The smallest absolute Gasteiger partial charge is 0.264 e. The van der Waals surface area contributed by atoms with Gasteiger partial charge in [0.15, 0.2) is 0 Å². The summed E-state index contributed by atoms with van der Waals surface area (Å²) >= 11 is 1.43. The van der Waals surface area contributed by atoms with Gasteiger partial charge in [-0.2, -0.15) is 0 Å². The van der Waals surface area contributed by atoms with Gasteiger partial charge in [0.2, 0.25) is 5.91 Å². The van der Waals surface area contributed by atoms with Gasteiger partial charge in [-0.15, -0.1) is 11.3 Å². The number of nitrogens with zero attached hydrogens (tertiary/aromatic N) is 2. The Hall–Kier alpha value is -2.25. The first-order valence-corrected chi connectivity index (χ1v) is 9.06. The maximum atomic E-state index is 13.7. The Morgan fingerprint density at radius 1 is 1.12 bits per heavy atom. The van der Waals surface area contributed by atoms with E-state index in [0.29, 0.717) is 26.2 Å². The largest absolute Gasteiger partial charge is 0.335 e. The number of rotatable bonds is 4. The first kappa shape index (κ1) is 17.6. The first-order valence-electron chi connectivity index (χ1n) is 8.18. The number of nitrogens with one attached hydrogen (secondary N) is 1. The van der Waals surface area contributed by atoms with Gasteiger partial charge in [0, 0.05) is 26.2 Å². The van der Waals surface area contributed by atoms with E-state index in [4.69, 9.17) is 0 Å². The molecule has 1 N–H and O–H groups in total. The van der Waals surface area contributed by atoms with E-state index in [1.807, 2.05) is 27.3 Å². The van der Waals surface area contributed by atoms with Crippen molar-refractivity contribution in [1.82, 2.24) is 9.80 Å². The molecule has 1 aromatic carbocycles. The SMILES string of the molecule is CC(C(=O)Nc1ccccc1F)N1CCN(C(=O)c2cccs2)CC1. The van der Waals surface area contributed by atoms with Crippen molar-refractivity contribution in [3.05, 3.63) is 52.5 Å². The fourth-order valence-corrected chi connectivity index (χ4v) is 3.52. The van der Waals surface area contributed by atoms with Crippen LogP contribution in [-0.4, -0.2) is 53.8 Å². The molecule has 1 unspecified atom stereocenters. The summed E-state index contributed by atoms with van der Waals surface area (Å²) in [5.74, 6) is -0.657. The zero-order valence-electron chi connectivity index (χ0n) is 13.9. The predicted molar refractivity (Wildman–Crippen MR) is 96.3 cm³/mol. The van der Waals surface area contributed by atoms with Gasteiger partial charge < -0.3 is 10.2 Å². The van der Waals surface area contributed by atoms with Crippen LogP contribution in [0.2, 0.25) is 0 Å². The molecule has 1 saturated heterocycles. The lowest BCUT2D eigenvalue weighted by Gasteiger charge is -2.37. The highest BCUT2D eigenvalue weighted by atomic mass is 32.1. The Morgan fingerprint density at radius 2 is 1.84 bits per heavy atom. The molecule has 1 aliphatic heterocycles. The lowest BCUT2D eigenvalue weighted by molar-refractivity contribution is -0.121. The highest BCUT2D eigenvalue weighted by Gasteiger charge is 2.28. The summed E-state index contributed by atoms with van der Waals surface area (Å²) in [6, 6.07) is 9.41. The van der Waals surface area contributed by atoms with Gasteiger partial charge in [0.05, 0.1) is 16.6 Å². The Bertz CT molecular complexity index is 743. The predicted octanol–water partition coefficient (Wildman–Crippen LogP) is 2.67. The van der Waals surface area contributed by atoms with E-state index < -0.39 is 11.9 Å². The summed E-state index contributed by atoms with van der Waals surface area (Å²) in [7, 11) is 0. The van der Waals surface area contributed by atoms with Gasteiger partial charge in [-0.3, -0.25) is 14.5 Å². The highest BCUT2D eigenvalue weighted by molar-refractivity contribution is 7.12. The number of carbonyl (C=O) groups is 2. The molecule has 0 bridgehead atoms. The Balaban J connectivity index is 1.54. The molecule has 2 aromatic rings. The monoisotopic (exact) mass is 361 g/mol. The van der Waals surface area contributed by atoms with Crippen LogP contribution in [0, 0.1) is 5.82 Å². The number of hydrogen-bond donors (Lipinski definition) is 1. The van der Waals surface area contributed by atoms with Gasteiger partial charge in [-0.05, 0) is 30.5 Å². The van der Waals surface area contributed by atoms with Crippen LogP contribution in [0.3, 0.4) is 0 Å². The maximum absolute atomic E-state index is 13.7. The third-order valence-corrected chi connectivity index (χ3v) is 5.25. The second kappa shape index (κ2) is 7.76. The van der Waals surface area contributed by atoms with Gasteiger partial charge in [-0.1, -0.05) is 18.2 Å². The molecule has 1 atom stereocenters. The van der Waals surface area contributed by atoms with E-state index >= 15 is 0 Å². The number of amides is 2. The van der Waals surface area contributed by atoms with Crippen molar-refractivity contribution in [3.63, 3.8) is 0 Å². The van der Waals surface area contributed by atoms with Crippen LogP contribution >= 0.6 is 11.3 Å². The Kier molecular flexibility index (Phi) is 5.45. The molecule has 1 aliphatic rings. The normalized spacial score (nSPS) is 16.5. The lowest BCUT2D eigenvalue weighted by atomic mass is 10.2. The number of thiophene rings is 1. The molecule has 0 aliphatic carbocycles. The van der Waals surface area contributed by atoms with Crippen LogP contribution in [0.25, 0.3) is 0 Å². The summed E-state index contributed by atoms with van der Waals surface area (Å²) in [5, 5.41) is 4.52. The van der Waals surface area contributed by atoms with Crippen LogP contribution in [0.1, 0.15) is 16.6 Å². The fraction of sp³-hybridized carbons (Fsp3) is 0.333. The Morgan fingerprint density at radius 3 is 2.48 bits per heavy atom. The van der Waals surface area contributed by atoms with Gasteiger partial charge in [0.1, 0.15) is 5.82 Å².